The summed E-state index contributed by atoms with van der Waals surface area (Å²) in [5.74, 6) is 0.207. The van der Waals surface area contributed by atoms with Gasteiger partial charge in [0.25, 0.3) is 0 Å². The summed E-state index contributed by atoms with van der Waals surface area (Å²) in [6.45, 7) is 8.76. The first kappa shape index (κ1) is 18.9. The molecule has 1 aromatic heterocycles. The van der Waals surface area contributed by atoms with Crippen molar-refractivity contribution < 1.29 is 4.79 Å². The SMILES string of the molecule is CN1C[C@H](C(=O)NCc2cc(C(C)(C)C)n[nH]2)CC[C@H](N(C)C)C1. The molecular formula is C18H33N5O. The molecule has 2 heterocycles. The monoisotopic (exact) mass is 335 g/mol. The number of aromatic nitrogens is 2. The van der Waals surface area contributed by atoms with Crippen LogP contribution in [0.3, 0.4) is 0 Å². The Kier molecular flexibility index (Phi) is 6.04. The first-order valence-electron chi connectivity index (χ1n) is 8.84. The topological polar surface area (TPSA) is 64.3 Å². The number of aromatic amines is 1. The maximum absolute atomic E-state index is 12.6. The number of rotatable bonds is 4. The van der Waals surface area contributed by atoms with E-state index < -0.39 is 0 Å². The lowest BCUT2D eigenvalue weighted by atomic mass is 9.92. The van der Waals surface area contributed by atoms with E-state index in [-0.39, 0.29) is 17.2 Å². The van der Waals surface area contributed by atoms with Crippen LogP contribution in [0, 0.1) is 5.92 Å². The van der Waals surface area contributed by atoms with Crippen LogP contribution in [0.2, 0.25) is 0 Å². The van der Waals surface area contributed by atoms with Crippen LogP contribution in [-0.2, 0) is 16.8 Å². The Morgan fingerprint density at radius 3 is 2.67 bits per heavy atom. The molecule has 0 saturated carbocycles. The molecule has 2 atom stereocenters. The quantitative estimate of drug-likeness (QED) is 0.877. The van der Waals surface area contributed by atoms with E-state index in [0.717, 1.165) is 37.3 Å². The molecule has 1 amide bonds. The predicted molar refractivity (Wildman–Crippen MR) is 96.8 cm³/mol. The first-order chi connectivity index (χ1) is 11.2. The summed E-state index contributed by atoms with van der Waals surface area (Å²) in [5.41, 5.74) is 2.00. The Morgan fingerprint density at radius 2 is 2.08 bits per heavy atom. The molecule has 0 bridgehead atoms. The van der Waals surface area contributed by atoms with E-state index in [1.54, 1.807) is 0 Å². The highest BCUT2D eigenvalue weighted by Crippen LogP contribution is 2.21. The predicted octanol–water partition coefficient (Wildman–Crippen LogP) is 1.60. The number of nitrogens with zero attached hydrogens (tertiary/aromatic N) is 3. The summed E-state index contributed by atoms with van der Waals surface area (Å²) in [6, 6.07) is 2.57. The lowest BCUT2D eigenvalue weighted by Gasteiger charge is -2.25. The number of hydrogen-bond acceptors (Lipinski definition) is 4. The summed E-state index contributed by atoms with van der Waals surface area (Å²) < 4.78 is 0. The number of likely N-dealkylation sites (N-methyl/N-ethyl adjacent to an activating group) is 2. The Morgan fingerprint density at radius 1 is 1.38 bits per heavy atom. The Labute approximate surface area is 146 Å². The minimum absolute atomic E-state index is 0.0178. The minimum atomic E-state index is 0.0178. The van der Waals surface area contributed by atoms with Gasteiger partial charge in [-0.2, -0.15) is 5.10 Å². The summed E-state index contributed by atoms with van der Waals surface area (Å²) >= 11 is 0. The molecule has 1 aromatic rings. The van der Waals surface area contributed by atoms with Crippen LogP contribution in [0.4, 0.5) is 0 Å². The van der Waals surface area contributed by atoms with E-state index in [9.17, 15) is 4.79 Å². The lowest BCUT2D eigenvalue weighted by Crippen LogP contribution is -2.39. The van der Waals surface area contributed by atoms with Gasteiger partial charge in [0.05, 0.1) is 23.9 Å². The van der Waals surface area contributed by atoms with Crippen molar-refractivity contribution in [1.29, 1.82) is 0 Å². The smallest absolute Gasteiger partial charge is 0.224 e. The van der Waals surface area contributed by atoms with Gasteiger partial charge >= 0.3 is 0 Å². The number of carbonyl (C=O) groups is 1. The van der Waals surface area contributed by atoms with Crippen LogP contribution >= 0.6 is 0 Å². The van der Waals surface area contributed by atoms with Gasteiger partial charge in [-0.3, -0.25) is 9.89 Å². The second kappa shape index (κ2) is 7.66. The van der Waals surface area contributed by atoms with Crippen LogP contribution in [0.25, 0.3) is 0 Å². The van der Waals surface area contributed by atoms with Crippen LogP contribution < -0.4 is 5.32 Å². The largest absolute Gasteiger partial charge is 0.350 e. The van der Waals surface area contributed by atoms with Crippen molar-refractivity contribution in [2.75, 3.05) is 34.2 Å². The molecule has 6 heteroatoms. The second-order valence-corrected chi connectivity index (χ2v) is 8.36. The number of hydrogen-bond donors (Lipinski definition) is 2. The Balaban J connectivity index is 1.89. The number of amides is 1. The van der Waals surface area contributed by atoms with Crippen LogP contribution in [0.15, 0.2) is 6.07 Å². The third-order valence-corrected chi connectivity index (χ3v) is 4.86. The highest BCUT2D eigenvalue weighted by atomic mass is 16.1. The zero-order chi connectivity index (χ0) is 17.9. The molecule has 0 spiro atoms. The molecule has 1 fully saturated rings. The molecule has 136 valence electrons. The minimum Gasteiger partial charge on any atom is -0.350 e. The molecule has 2 rings (SSSR count). The average Bonchev–Trinajstić information content (AvgIpc) is 2.87. The van der Waals surface area contributed by atoms with Crippen molar-refractivity contribution in [1.82, 2.24) is 25.3 Å². The maximum atomic E-state index is 12.6. The number of nitrogens with one attached hydrogen (secondary N) is 2. The van der Waals surface area contributed by atoms with E-state index in [0.29, 0.717) is 12.6 Å². The third-order valence-electron chi connectivity index (χ3n) is 4.86. The average molecular weight is 335 g/mol. The van der Waals surface area contributed by atoms with Gasteiger partial charge < -0.3 is 15.1 Å². The highest BCUT2D eigenvalue weighted by Gasteiger charge is 2.27. The molecule has 1 saturated heterocycles. The molecule has 2 N–H and O–H groups in total. The molecular weight excluding hydrogens is 302 g/mol. The standard InChI is InChI=1S/C18H33N5O/c1-18(2,3)16-9-14(20-21-16)10-19-17(24)13-7-8-15(22(4)5)12-23(6)11-13/h9,13,15H,7-8,10-12H2,1-6H3,(H,19,24)(H,20,21)/t13-,15+/m1/s1. The fraction of sp³-hybridized carbons (Fsp3) is 0.778. The van der Waals surface area contributed by atoms with Gasteiger partial charge in [-0.15, -0.1) is 0 Å². The summed E-state index contributed by atoms with van der Waals surface area (Å²) in [7, 11) is 6.33. The van der Waals surface area contributed by atoms with Crippen molar-refractivity contribution in [2.24, 2.45) is 5.92 Å². The van der Waals surface area contributed by atoms with Gasteiger partial charge in [0.15, 0.2) is 0 Å². The molecule has 1 aliphatic heterocycles. The van der Waals surface area contributed by atoms with Crippen molar-refractivity contribution in [2.45, 2.75) is 51.6 Å². The molecule has 0 aromatic carbocycles. The lowest BCUT2D eigenvalue weighted by molar-refractivity contribution is -0.125. The van der Waals surface area contributed by atoms with E-state index in [1.165, 1.54) is 0 Å². The normalized spacial score (nSPS) is 23.3. The van der Waals surface area contributed by atoms with Crippen LogP contribution in [0.1, 0.15) is 45.0 Å². The molecule has 1 aliphatic rings. The van der Waals surface area contributed by atoms with Gasteiger partial charge in [-0.25, -0.2) is 0 Å². The Bertz CT molecular complexity index is 546. The summed E-state index contributed by atoms with van der Waals surface area (Å²) in [4.78, 5) is 17.1. The van der Waals surface area contributed by atoms with Gasteiger partial charge in [0, 0.05) is 24.5 Å². The van der Waals surface area contributed by atoms with Crippen molar-refractivity contribution >= 4 is 5.91 Å². The van der Waals surface area contributed by atoms with E-state index in [1.807, 2.05) is 6.07 Å². The molecule has 24 heavy (non-hydrogen) atoms. The van der Waals surface area contributed by atoms with Gasteiger partial charge in [0.1, 0.15) is 0 Å². The molecule has 0 unspecified atom stereocenters. The van der Waals surface area contributed by atoms with Crippen molar-refractivity contribution in [3.05, 3.63) is 17.5 Å². The fourth-order valence-corrected chi connectivity index (χ4v) is 3.19. The fourth-order valence-electron chi connectivity index (χ4n) is 3.19. The zero-order valence-electron chi connectivity index (χ0n) is 16.0. The zero-order valence-corrected chi connectivity index (χ0v) is 16.0. The van der Waals surface area contributed by atoms with Crippen LogP contribution in [0.5, 0.6) is 0 Å². The van der Waals surface area contributed by atoms with Gasteiger partial charge in [0.2, 0.25) is 5.91 Å². The number of likely N-dealkylation sites (tertiary alicyclic amines) is 1. The van der Waals surface area contributed by atoms with E-state index in [4.69, 9.17) is 0 Å². The number of carbonyl (C=O) groups excluding carboxylic acids is 1. The molecule has 6 nitrogen and oxygen atoms in total. The maximum Gasteiger partial charge on any atom is 0.224 e. The molecule has 0 radical (unpaired) electrons. The van der Waals surface area contributed by atoms with Crippen molar-refractivity contribution in [3.8, 4) is 0 Å². The van der Waals surface area contributed by atoms with Gasteiger partial charge in [-0.1, -0.05) is 20.8 Å². The Hall–Kier alpha value is -1.40. The second-order valence-electron chi connectivity index (χ2n) is 8.36. The summed E-state index contributed by atoms with van der Waals surface area (Å²) in [6.07, 6.45) is 2.00. The first-order valence-corrected chi connectivity index (χ1v) is 8.84. The van der Waals surface area contributed by atoms with Crippen molar-refractivity contribution in [3.63, 3.8) is 0 Å². The van der Waals surface area contributed by atoms with E-state index in [2.05, 4.69) is 67.2 Å². The van der Waals surface area contributed by atoms with Gasteiger partial charge in [-0.05, 0) is 40.1 Å². The molecule has 0 aliphatic carbocycles. The number of H-pyrrole nitrogens is 1. The van der Waals surface area contributed by atoms with Crippen LogP contribution in [-0.4, -0.2) is 66.2 Å². The highest BCUT2D eigenvalue weighted by molar-refractivity contribution is 5.78. The van der Waals surface area contributed by atoms with E-state index >= 15 is 0 Å². The summed E-state index contributed by atoms with van der Waals surface area (Å²) in [5, 5.41) is 10.5. The third kappa shape index (κ3) is 5.05.